The van der Waals surface area contributed by atoms with Gasteiger partial charge in [-0.3, -0.25) is 9.59 Å². The van der Waals surface area contributed by atoms with Crippen molar-refractivity contribution < 1.29 is 14.3 Å². The third-order valence-electron chi connectivity index (χ3n) is 4.86. The molecule has 2 N–H and O–H groups in total. The summed E-state index contributed by atoms with van der Waals surface area (Å²) in [5, 5.41) is 5.41. The SMILES string of the molecule is CCOc1ccccc1NC(=O)C(=O)NC(C)c1ccc2c(c1)CCCC2. The Morgan fingerprint density at radius 1 is 1.04 bits per heavy atom. The van der Waals surface area contributed by atoms with Crippen molar-refractivity contribution in [2.45, 2.75) is 45.6 Å². The molecule has 1 aliphatic rings. The molecule has 5 nitrogen and oxygen atoms in total. The average Bonchev–Trinajstić information content (AvgIpc) is 2.69. The van der Waals surface area contributed by atoms with E-state index in [1.807, 2.05) is 26.0 Å². The van der Waals surface area contributed by atoms with Gasteiger partial charge < -0.3 is 15.4 Å². The highest BCUT2D eigenvalue weighted by atomic mass is 16.5. The quantitative estimate of drug-likeness (QED) is 0.792. The first-order valence-corrected chi connectivity index (χ1v) is 9.54. The molecule has 0 heterocycles. The maximum absolute atomic E-state index is 12.3. The highest BCUT2D eigenvalue weighted by molar-refractivity contribution is 6.39. The number of hydrogen-bond acceptors (Lipinski definition) is 3. The normalized spacial score (nSPS) is 14.0. The molecule has 5 heteroatoms. The number of ether oxygens (including phenoxy) is 1. The summed E-state index contributed by atoms with van der Waals surface area (Å²) in [5.74, 6) is -0.817. The summed E-state index contributed by atoms with van der Waals surface area (Å²) in [4.78, 5) is 24.6. The largest absolute Gasteiger partial charge is 0.492 e. The van der Waals surface area contributed by atoms with Crippen LogP contribution < -0.4 is 15.4 Å². The minimum Gasteiger partial charge on any atom is -0.492 e. The molecule has 3 rings (SSSR count). The van der Waals surface area contributed by atoms with E-state index in [-0.39, 0.29) is 6.04 Å². The first-order valence-electron chi connectivity index (χ1n) is 9.54. The molecular formula is C22H26N2O3. The van der Waals surface area contributed by atoms with Crippen molar-refractivity contribution in [1.82, 2.24) is 5.32 Å². The second kappa shape index (κ2) is 8.71. The fraction of sp³-hybridized carbons (Fsp3) is 0.364. The smallest absolute Gasteiger partial charge is 0.313 e. The Hall–Kier alpha value is -2.82. The molecule has 0 bridgehead atoms. The molecular weight excluding hydrogens is 340 g/mol. The van der Waals surface area contributed by atoms with Gasteiger partial charge in [0.2, 0.25) is 0 Å². The number of benzene rings is 2. The highest BCUT2D eigenvalue weighted by Crippen LogP contribution is 2.25. The average molecular weight is 366 g/mol. The third kappa shape index (κ3) is 4.67. The molecule has 142 valence electrons. The van der Waals surface area contributed by atoms with Crippen LogP contribution in [0.1, 0.15) is 49.4 Å². The number of amides is 2. The molecule has 1 unspecified atom stereocenters. The number of hydrogen-bond donors (Lipinski definition) is 2. The second-order valence-electron chi connectivity index (χ2n) is 6.81. The number of aryl methyl sites for hydroxylation is 2. The van der Waals surface area contributed by atoms with Gasteiger partial charge in [-0.05, 0) is 68.4 Å². The Labute approximate surface area is 160 Å². The van der Waals surface area contributed by atoms with E-state index in [0.29, 0.717) is 18.0 Å². The van der Waals surface area contributed by atoms with Gasteiger partial charge in [0.25, 0.3) is 0 Å². The summed E-state index contributed by atoms with van der Waals surface area (Å²) in [5.41, 5.74) is 4.26. The van der Waals surface area contributed by atoms with Gasteiger partial charge in [-0.25, -0.2) is 0 Å². The Balaban J connectivity index is 1.63. The molecule has 0 saturated heterocycles. The summed E-state index contributed by atoms with van der Waals surface area (Å²) in [6.45, 7) is 4.24. The highest BCUT2D eigenvalue weighted by Gasteiger charge is 2.19. The van der Waals surface area contributed by atoms with Gasteiger partial charge >= 0.3 is 11.8 Å². The molecule has 0 aliphatic heterocycles. The van der Waals surface area contributed by atoms with Crippen molar-refractivity contribution in [3.8, 4) is 5.75 Å². The van der Waals surface area contributed by atoms with Crippen LogP contribution in [0.25, 0.3) is 0 Å². The monoisotopic (exact) mass is 366 g/mol. The van der Waals surface area contributed by atoms with Crippen molar-refractivity contribution in [2.75, 3.05) is 11.9 Å². The van der Waals surface area contributed by atoms with Crippen molar-refractivity contribution in [3.05, 3.63) is 59.2 Å². The maximum atomic E-state index is 12.3. The minimum absolute atomic E-state index is 0.238. The van der Waals surface area contributed by atoms with Gasteiger partial charge in [0, 0.05) is 0 Å². The lowest BCUT2D eigenvalue weighted by molar-refractivity contribution is -0.136. The van der Waals surface area contributed by atoms with Crippen LogP contribution in [0.2, 0.25) is 0 Å². The van der Waals surface area contributed by atoms with Crippen molar-refractivity contribution in [3.63, 3.8) is 0 Å². The third-order valence-corrected chi connectivity index (χ3v) is 4.86. The van der Waals surface area contributed by atoms with E-state index < -0.39 is 11.8 Å². The molecule has 1 aliphatic carbocycles. The van der Waals surface area contributed by atoms with Crippen LogP contribution in [0.3, 0.4) is 0 Å². The van der Waals surface area contributed by atoms with Crippen LogP contribution in [-0.4, -0.2) is 18.4 Å². The zero-order valence-electron chi connectivity index (χ0n) is 15.9. The van der Waals surface area contributed by atoms with Crippen LogP contribution >= 0.6 is 0 Å². The van der Waals surface area contributed by atoms with Gasteiger partial charge in [-0.2, -0.15) is 0 Å². The fourth-order valence-corrected chi connectivity index (χ4v) is 3.40. The molecule has 2 amide bonds. The molecule has 0 aromatic heterocycles. The zero-order chi connectivity index (χ0) is 19.2. The topological polar surface area (TPSA) is 67.4 Å². The zero-order valence-corrected chi connectivity index (χ0v) is 15.9. The Bertz CT molecular complexity index is 832. The summed E-state index contributed by atoms with van der Waals surface area (Å²) >= 11 is 0. The number of rotatable bonds is 5. The predicted molar refractivity (Wildman–Crippen MR) is 106 cm³/mol. The first-order chi connectivity index (χ1) is 13.1. The Morgan fingerprint density at radius 2 is 1.78 bits per heavy atom. The summed E-state index contributed by atoms with van der Waals surface area (Å²) < 4.78 is 5.47. The number of carbonyl (C=O) groups is 2. The van der Waals surface area contributed by atoms with Gasteiger partial charge in [0.15, 0.2) is 0 Å². The molecule has 0 saturated carbocycles. The summed E-state index contributed by atoms with van der Waals surface area (Å²) in [6, 6.07) is 13.2. The van der Waals surface area contributed by atoms with E-state index >= 15 is 0 Å². The summed E-state index contributed by atoms with van der Waals surface area (Å²) in [6.07, 6.45) is 4.65. The molecule has 0 fully saturated rings. The molecule has 0 spiro atoms. The van der Waals surface area contributed by atoms with Crippen molar-refractivity contribution >= 4 is 17.5 Å². The van der Waals surface area contributed by atoms with E-state index in [4.69, 9.17) is 4.74 Å². The lowest BCUT2D eigenvalue weighted by atomic mass is 9.89. The first kappa shape index (κ1) is 19.0. The fourth-order valence-electron chi connectivity index (χ4n) is 3.40. The van der Waals surface area contributed by atoms with E-state index in [9.17, 15) is 9.59 Å². The van der Waals surface area contributed by atoms with E-state index in [1.54, 1.807) is 18.2 Å². The van der Waals surface area contributed by atoms with Gasteiger partial charge in [0.1, 0.15) is 5.75 Å². The Morgan fingerprint density at radius 3 is 2.56 bits per heavy atom. The van der Waals surface area contributed by atoms with Crippen LogP contribution in [0, 0.1) is 0 Å². The van der Waals surface area contributed by atoms with E-state index in [1.165, 1.54) is 24.0 Å². The van der Waals surface area contributed by atoms with Crippen LogP contribution in [0.4, 0.5) is 5.69 Å². The van der Waals surface area contributed by atoms with Crippen molar-refractivity contribution in [2.24, 2.45) is 0 Å². The summed E-state index contributed by atoms with van der Waals surface area (Å²) in [7, 11) is 0. The number of anilines is 1. The van der Waals surface area contributed by atoms with Crippen molar-refractivity contribution in [1.29, 1.82) is 0 Å². The number of fused-ring (bicyclic) bond motifs is 1. The molecule has 2 aromatic rings. The number of para-hydroxylation sites is 2. The van der Waals surface area contributed by atoms with E-state index in [2.05, 4.69) is 22.8 Å². The second-order valence-corrected chi connectivity index (χ2v) is 6.81. The Kier molecular flexibility index (Phi) is 6.12. The van der Waals surface area contributed by atoms with Gasteiger partial charge in [0.05, 0.1) is 18.3 Å². The minimum atomic E-state index is -0.702. The lowest BCUT2D eigenvalue weighted by Crippen LogP contribution is -2.37. The van der Waals surface area contributed by atoms with Gasteiger partial charge in [-0.15, -0.1) is 0 Å². The standard InChI is InChI=1S/C22H26N2O3/c1-3-27-20-11-7-6-10-19(20)24-22(26)21(25)23-15(2)17-13-12-16-8-4-5-9-18(16)14-17/h6-7,10-15H,3-5,8-9H2,1-2H3,(H,23,25)(H,24,26). The van der Waals surface area contributed by atoms with Gasteiger partial charge in [-0.1, -0.05) is 30.3 Å². The molecule has 27 heavy (non-hydrogen) atoms. The molecule has 2 aromatic carbocycles. The molecule has 0 radical (unpaired) electrons. The van der Waals surface area contributed by atoms with Crippen LogP contribution in [-0.2, 0) is 22.4 Å². The van der Waals surface area contributed by atoms with E-state index in [0.717, 1.165) is 18.4 Å². The predicted octanol–water partition coefficient (Wildman–Crippen LogP) is 3.78. The lowest BCUT2D eigenvalue weighted by Gasteiger charge is -2.20. The van der Waals surface area contributed by atoms with Crippen LogP contribution in [0.5, 0.6) is 5.75 Å². The molecule has 1 atom stereocenters. The number of nitrogens with one attached hydrogen (secondary N) is 2. The van der Waals surface area contributed by atoms with Crippen LogP contribution in [0.15, 0.2) is 42.5 Å². The number of carbonyl (C=O) groups excluding carboxylic acids is 2. The maximum Gasteiger partial charge on any atom is 0.313 e.